The summed E-state index contributed by atoms with van der Waals surface area (Å²) < 4.78 is 5.22. The molecule has 0 bridgehead atoms. The summed E-state index contributed by atoms with van der Waals surface area (Å²) in [4.78, 5) is 5.10. The molecule has 0 spiro atoms. The predicted octanol–water partition coefficient (Wildman–Crippen LogP) is 12.5. The number of aromatic nitrogens is 1. The Hall–Kier alpha value is -6.56. The van der Waals surface area contributed by atoms with E-state index in [1.54, 1.807) is 0 Å². The number of aryl methyl sites for hydroxylation is 2. The number of benzene rings is 8. The molecule has 10 aromatic rings. The van der Waals surface area contributed by atoms with E-state index in [-0.39, 0.29) is 6.85 Å². The van der Waals surface area contributed by atoms with E-state index in [4.69, 9.17) is 0 Å². The molecule has 0 amide bonds. The van der Waals surface area contributed by atoms with E-state index in [0.717, 1.165) is 17.1 Å². The van der Waals surface area contributed by atoms with Gasteiger partial charge in [0.05, 0.1) is 11.0 Å². The van der Waals surface area contributed by atoms with E-state index in [9.17, 15) is 0 Å². The summed E-state index contributed by atoms with van der Waals surface area (Å²) in [5, 5.41) is 5.20. The monoisotopic (exact) mass is 719 g/mol. The molecule has 0 N–H and O–H groups in total. The molecule has 258 valence electrons. The average Bonchev–Trinajstić information content (AvgIpc) is 3.77. The summed E-state index contributed by atoms with van der Waals surface area (Å²) in [6, 6.07) is 63.2. The molecule has 12 rings (SSSR count). The molecule has 0 radical (unpaired) electrons. The number of nitrogens with zero attached hydrogens (tertiary/aromatic N) is 3. The van der Waals surface area contributed by atoms with Crippen LogP contribution in [-0.4, -0.2) is 11.4 Å². The Labute approximate surface area is 324 Å². The molecule has 0 fully saturated rings. The summed E-state index contributed by atoms with van der Waals surface area (Å²) in [6.07, 6.45) is 0. The Morgan fingerprint density at radius 1 is 0.527 bits per heavy atom. The normalized spacial score (nSPS) is 12.8. The largest absolute Gasteiger partial charge is 0.376 e. The van der Waals surface area contributed by atoms with Crippen molar-refractivity contribution >= 4 is 99.5 Å². The zero-order valence-corrected chi connectivity index (χ0v) is 31.3. The van der Waals surface area contributed by atoms with Crippen molar-refractivity contribution in [3.63, 3.8) is 0 Å². The molecule has 0 unspecified atom stereocenters. The molecule has 0 atom stereocenters. The van der Waals surface area contributed by atoms with E-state index in [1.807, 2.05) is 11.3 Å². The van der Waals surface area contributed by atoms with Crippen molar-refractivity contribution in [2.24, 2.45) is 0 Å². The lowest BCUT2D eigenvalue weighted by Gasteiger charge is -2.43. The van der Waals surface area contributed by atoms with Crippen LogP contribution in [0.5, 0.6) is 0 Å². The fraction of sp³-hybridized carbons (Fsp3) is 0.0400. The Kier molecular flexibility index (Phi) is 6.44. The van der Waals surface area contributed by atoms with E-state index < -0.39 is 0 Å². The summed E-state index contributed by atoms with van der Waals surface area (Å²) >= 11 is 1.92. The van der Waals surface area contributed by atoms with Gasteiger partial charge >= 0.3 is 6.85 Å². The molecular formula is C50H34BN3S. The van der Waals surface area contributed by atoms with Gasteiger partial charge in [0, 0.05) is 70.6 Å². The fourth-order valence-corrected chi connectivity index (χ4v) is 11.0. The molecule has 4 heterocycles. The van der Waals surface area contributed by atoms with Crippen molar-refractivity contribution in [3.05, 3.63) is 181 Å². The third-order valence-corrected chi connectivity index (χ3v) is 13.1. The summed E-state index contributed by atoms with van der Waals surface area (Å²) in [7, 11) is 0. The van der Waals surface area contributed by atoms with Gasteiger partial charge in [0.25, 0.3) is 0 Å². The second-order valence-electron chi connectivity index (χ2n) is 15.0. The minimum Gasteiger partial charge on any atom is -0.376 e. The number of thiophene rings is 1. The van der Waals surface area contributed by atoms with Crippen LogP contribution in [-0.2, 0) is 0 Å². The zero-order valence-electron chi connectivity index (χ0n) is 30.5. The average molecular weight is 720 g/mol. The van der Waals surface area contributed by atoms with Crippen LogP contribution < -0.4 is 20.6 Å². The van der Waals surface area contributed by atoms with E-state index in [1.165, 1.54) is 92.2 Å². The van der Waals surface area contributed by atoms with Gasteiger partial charge in [-0.05, 0) is 96.6 Å². The van der Waals surface area contributed by atoms with Crippen LogP contribution in [0, 0.1) is 13.8 Å². The number of hydrogen-bond acceptors (Lipinski definition) is 3. The Bertz CT molecular complexity index is 3160. The van der Waals surface area contributed by atoms with E-state index >= 15 is 0 Å². The van der Waals surface area contributed by atoms with Gasteiger partial charge in [0.15, 0.2) is 0 Å². The SMILES string of the molecule is Cc1ccc(N2B3c4c(cc(N(c5ccccc5)c5ccccc5)cc4-n4c5ccccc5c5cccc3c54)-c3c2ccc2c3sc3ccccc32)c(C)c1. The van der Waals surface area contributed by atoms with E-state index in [0.29, 0.717) is 0 Å². The van der Waals surface area contributed by atoms with Crippen LogP contribution in [0.3, 0.4) is 0 Å². The minimum atomic E-state index is -0.0396. The third-order valence-electron chi connectivity index (χ3n) is 11.9. The summed E-state index contributed by atoms with van der Waals surface area (Å²) in [6.45, 7) is 4.43. The highest BCUT2D eigenvalue weighted by atomic mass is 32.1. The Balaban J connectivity index is 1.29. The van der Waals surface area contributed by atoms with Crippen molar-refractivity contribution in [1.29, 1.82) is 0 Å². The molecule has 2 aliphatic heterocycles. The highest BCUT2D eigenvalue weighted by Crippen LogP contribution is 2.52. The maximum Gasteiger partial charge on any atom is 0.333 e. The summed E-state index contributed by atoms with van der Waals surface area (Å²) in [5.74, 6) is 0. The number of para-hydroxylation sites is 4. The predicted molar refractivity (Wildman–Crippen MR) is 237 cm³/mol. The highest BCUT2D eigenvalue weighted by Gasteiger charge is 2.45. The van der Waals surface area contributed by atoms with E-state index in [2.05, 4.69) is 198 Å². The van der Waals surface area contributed by atoms with Crippen LogP contribution in [0.2, 0.25) is 0 Å². The van der Waals surface area contributed by atoms with Crippen LogP contribution in [0.1, 0.15) is 11.1 Å². The molecule has 2 aromatic heterocycles. The van der Waals surface area contributed by atoms with Gasteiger partial charge in [0.1, 0.15) is 0 Å². The van der Waals surface area contributed by atoms with Gasteiger partial charge < -0.3 is 14.3 Å². The highest BCUT2D eigenvalue weighted by molar-refractivity contribution is 7.26. The lowest BCUT2D eigenvalue weighted by molar-refractivity contribution is 1.17. The first-order valence-corrected chi connectivity index (χ1v) is 19.9. The second-order valence-corrected chi connectivity index (χ2v) is 16.1. The van der Waals surface area contributed by atoms with Crippen molar-refractivity contribution in [2.75, 3.05) is 9.71 Å². The van der Waals surface area contributed by atoms with Gasteiger partial charge in [-0.25, -0.2) is 0 Å². The lowest BCUT2D eigenvalue weighted by atomic mass is 9.44. The molecule has 55 heavy (non-hydrogen) atoms. The van der Waals surface area contributed by atoms with Crippen LogP contribution in [0.4, 0.5) is 28.4 Å². The van der Waals surface area contributed by atoms with Gasteiger partial charge in [-0.3, -0.25) is 0 Å². The minimum absolute atomic E-state index is 0.0396. The topological polar surface area (TPSA) is 11.4 Å². The lowest BCUT2D eigenvalue weighted by Crippen LogP contribution is -2.60. The Morgan fingerprint density at radius 2 is 1.22 bits per heavy atom. The number of anilines is 5. The molecule has 0 saturated carbocycles. The molecular weight excluding hydrogens is 685 g/mol. The Morgan fingerprint density at radius 3 is 2.00 bits per heavy atom. The number of hydrogen-bond donors (Lipinski definition) is 0. The number of fused-ring (bicyclic) bond motifs is 11. The number of rotatable bonds is 4. The third kappa shape index (κ3) is 4.27. The molecule has 8 aromatic carbocycles. The first-order chi connectivity index (χ1) is 27.1. The van der Waals surface area contributed by atoms with Crippen LogP contribution in [0.15, 0.2) is 170 Å². The van der Waals surface area contributed by atoms with Gasteiger partial charge in [-0.15, -0.1) is 11.3 Å². The first kappa shape index (κ1) is 30.9. The summed E-state index contributed by atoms with van der Waals surface area (Å²) in [5.41, 5.74) is 17.5. The molecule has 3 nitrogen and oxygen atoms in total. The van der Waals surface area contributed by atoms with Gasteiger partial charge in [-0.1, -0.05) is 115 Å². The van der Waals surface area contributed by atoms with Crippen molar-refractivity contribution < 1.29 is 0 Å². The first-order valence-electron chi connectivity index (χ1n) is 19.1. The van der Waals surface area contributed by atoms with Crippen LogP contribution >= 0.6 is 11.3 Å². The second kappa shape index (κ2) is 11.5. The molecule has 2 aliphatic rings. The molecule has 0 aliphatic carbocycles. The van der Waals surface area contributed by atoms with Gasteiger partial charge in [0.2, 0.25) is 0 Å². The van der Waals surface area contributed by atoms with Crippen molar-refractivity contribution in [1.82, 2.24) is 4.57 Å². The van der Waals surface area contributed by atoms with Gasteiger partial charge in [-0.2, -0.15) is 0 Å². The molecule has 0 saturated heterocycles. The van der Waals surface area contributed by atoms with Crippen molar-refractivity contribution in [3.8, 4) is 16.8 Å². The standard InChI is InChI=1S/C50H34BN3S/c1-31-24-26-42(32(2)28-31)54-44-27-25-39-37-19-10-12-23-46(37)55-50(39)47(44)40-29-35(52(33-14-5-3-6-15-33)34-16-7-4-8-17-34)30-45-48(40)51(54)41-21-13-20-38-36-18-9-11-22-43(36)53(45)49(38)41/h3-30H,1-2H3. The quantitative estimate of drug-likeness (QED) is 0.168. The van der Waals surface area contributed by atoms with Crippen molar-refractivity contribution in [2.45, 2.75) is 13.8 Å². The van der Waals surface area contributed by atoms with Crippen LogP contribution in [0.25, 0.3) is 58.8 Å². The molecule has 5 heteroatoms. The zero-order chi connectivity index (χ0) is 36.4. The smallest absolute Gasteiger partial charge is 0.333 e. The maximum absolute atomic E-state index is 2.67. The fourth-order valence-electron chi connectivity index (χ4n) is 9.70. The maximum atomic E-state index is 2.67.